The molecule has 0 spiro atoms. The number of aromatic nitrogens is 4. The second-order valence-electron chi connectivity index (χ2n) is 7.78. The van der Waals surface area contributed by atoms with Crippen LogP contribution in [0, 0.1) is 6.92 Å². The largest absolute Gasteiger partial charge is 0.382 e. The van der Waals surface area contributed by atoms with Gasteiger partial charge in [0, 0.05) is 22.9 Å². The molecule has 0 saturated heterocycles. The molecule has 0 saturated carbocycles. The fourth-order valence-corrected chi connectivity index (χ4v) is 3.19. The number of anilines is 2. The zero-order valence-electron chi connectivity index (χ0n) is 16.3. The van der Waals surface area contributed by atoms with Gasteiger partial charge < -0.3 is 11.1 Å². The smallest absolute Gasteiger partial charge is 0.153 e. The molecule has 0 aliphatic heterocycles. The molecule has 2 aromatic heterocycles. The van der Waals surface area contributed by atoms with E-state index in [1.54, 1.807) is 0 Å². The topological polar surface area (TPSA) is 92.5 Å². The number of hydrogen-bond donors (Lipinski definition) is 3. The van der Waals surface area contributed by atoms with E-state index in [0.717, 1.165) is 34.5 Å². The van der Waals surface area contributed by atoms with Crippen molar-refractivity contribution in [3.63, 3.8) is 0 Å². The van der Waals surface area contributed by atoms with E-state index < -0.39 is 0 Å². The summed E-state index contributed by atoms with van der Waals surface area (Å²) in [6, 6.07) is 18.5. The molecule has 0 aliphatic rings. The van der Waals surface area contributed by atoms with Gasteiger partial charge in [0.15, 0.2) is 5.82 Å². The Bertz CT molecular complexity index is 1090. The lowest BCUT2D eigenvalue weighted by Gasteiger charge is -2.26. The maximum Gasteiger partial charge on any atom is 0.153 e. The van der Waals surface area contributed by atoms with Gasteiger partial charge in [-0.3, -0.25) is 5.10 Å². The minimum atomic E-state index is -0.0160. The number of nitrogens with one attached hydrogen (secondary N) is 2. The van der Waals surface area contributed by atoms with Gasteiger partial charge in [-0.15, -0.1) is 10.2 Å². The van der Waals surface area contributed by atoms with Gasteiger partial charge in [0.25, 0.3) is 0 Å². The van der Waals surface area contributed by atoms with Crippen molar-refractivity contribution in [1.29, 1.82) is 0 Å². The van der Waals surface area contributed by atoms with E-state index in [0.29, 0.717) is 5.82 Å². The van der Waals surface area contributed by atoms with Gasteiger partial charge in [0.2, 0.25) is 0 Å². The number of nitrogens with two attached hydrogens (primary N) is 1. The van der Waals surface area contributed by atoms with Crippen LogP contribution in [0.5, 0.6) is 0 Å². The second kappa shape index (κ2) is 6.96. The van der Waals surface area contributed by atoms with Gasteiger partial charge in [-0.25, -0.2) is 0 Å². The summed E-state index contributed by atoms with van der Waals surface area (Å²) in [5, 5.41) is 19.9. The fraction of sp³-hybridized carbons (Fsp3) is 0.227. The lowest BCUT2D eigenvalue weighted by molar-refractivity contribution is 0.555. The molecule has 4 aromatic rings. The van der Waals surface area contributed by atoms with Gasteiger partial charge in [-0.05, 0) is 36.8 Å². The molecule has 4 rings (SSSR count). The van der Waals surface area contributed by atoms with Gasteiger partial charge in [-0.2, -0.15) is 5.10 Å². The number of nitrogen functional groups attached to an aromatic ring is 1. The Kier molecular flexibility index (Phi) is 4.47. The second-order valence-corrected chi connectivity index (χ2v) is 7.78. The van der Waals surface area contributed by atoms with E-state index in [1.807, 2.05) is 30.3 Å². The Hall–Kier alpha value is -3.41. The van der Waals surface area contributed by atoms with E-state index in [-0.39, 0.29) is 5.41 Å². The van der Waals surface area contributed by atoms with Crippen LogP contribution in [0.2, 0.25) is 0 Å². The van der Waals surface area contributed by atoms with Gasteiger partial charge in [-0.1, -0.05) is 49.7 Å². The number of aryl methyl sites for hydroxylation is 1. The molecule has 4 N–H and O–H groups in total. The fourth-order valence-electron chi connectivity index (χ4n) is 3.19. The van der Waals surface area contributed by atoms with Crippen molar-refractivity contribution in [2.24, 2.45) is 0 Å². The molecular weight excluding hydrogens is 348 g/mol. The number of aromatic amines is 1. The zero-order valence-corrected chi connectivity index (χ0v) is 16.3. The molecule has 28 heavy (non-hydrogen) atoms. The number of benzene rings is 2. The Morgan fingerprint density at radius 2 is 1.79 bits per heavy atom. The summed E-state index contributed by atoms with van der Waals surface area (Å²) in [5.41, 5.74) is 11.1. The number of rotatable bonds is 5. The molecule has 0 atom stereocenters. The van der Waals surface area contributed by atoms with Crippen LogP contribution in [-0.2, 0) is 5.41 Å². The van der Waals surface area contributed by atoms with E-state index in [1.165, 1.54) is 11.1 Å². The van der Waals surface area contributed by atoms with Crippen molar-refractivity contribution in [3.05, 3.63) is 65.7 Å². The van der Waals surface area contributed by atoms with E-state index in [4.69, 9.17) is 5.73 Å². The Labute approximate surface area is 164 Å². The standard InChI is InChI=1S/C22H24N6/c1-14-4-7-16(8-5-14)22(2,3)13-24-20-11-10-18(25-27-20)15-6-9-19-17(12-15)21(23)28-26-19/h4-12H,13H2,1-3H3,(H,24,27)(H3,23,26,28). The molecule has 0 unspecified atom stereocenters. The van der Waals surface area contributed by atoms with Crippen LogP contribution in [0.4, 0.5) is 11.6 Å². The summed E-state index contributed by atoms with van der Waals surface area (Å²) in [6.45, 7) is 7.31. The third-order valence-corrected chi connectivity index (χ3v) is 5.10. The van der Waals surface area contributed by atoms with Crippen molar-refractivity contribution in [2.45, 2.75) is 26.2 Å². The van der Waals surface area contributed by atoms with E-state index >= 15 is 0 Å². The highest BCUT2D eigenvalue weighted by atomic mass is 15.2. The first-order valence-electron chi connectivity index (χ1n) is 9.31. The number of H-pyrrole nitrogens is 1. The molecule has 142 valence electrons. The van der Waals surface area contributed by atoms with Crippen molar-refractivity contribution in [3.8, 4) is 11.3 Å². The zero-order chi connectivity index (χ0) is 19.7. The van der Waals surface area contributed by atoms with Crippen LogP contribution < -0.4 is 11.1 Å². The van der Waals surface area contributed by atoms with Crippen LogP contribution in [0.25, 0.3) is 22.2 Å². The first-order chi connectivity index (χ1) is 13.4. The van der Waals surface area contributed by atoms with Crippen LogP contribution >= 0.6 is 0 Å². The molecule has 2 aromatic carbocycles. The molecular formula is C22H24N6. The summed E-state index contributed by atoms with van der Waals surface area (Å²) in [5.74, 6) is 1.24. The molecule has 0 fully saturated rings. The van der Waals surface area contributed by atoms with Crippen LogP contribution in [-0.4, -0.2) is 26.9 Å². The molecule has 0 amide bonds. The highest BCUT2D eigenvalue weighted by molar-refractivity contribution is 5.91. The third-order valence-electron chi connectivity index (χ3n) is 5.10. The molecule has 0 radical (unpaired) electrons. The van der Waals surface area contributed by atoms with Gasteiger partial charge in [0.1, 0.15) is 5.82 Å². The summed E-state index contributed by atoms with van der Waals surface area (Å²) in [4.78, 5) is 0. The molecule has 0 bridgehead atoms. The number of nitrogens with zero attached hydrogens (tertiary/aromatic N) is 3. The molecule has 6 heteroatoms. The average Bonchev–Trinajstić information content (AvgIpc) is 3.07. The lowest BCUT2D eigenvalue weighted by atomic mass is 9.84. The highest BCUT2D eigenvalue weighted by Crippen LogP contribution is 2.26. The third kappa shape index (κ3) is 3.53. The highest BCUT2D eigenvalue weighted by Gasteiger charge is 2.20. The monoisotopic (exact) mass is 372 g/mol. The first kappa shape index (κ1) is 18.0. The molecule has 6 nitrogen and oxygen atoms in total. The Morgan fingerprint density at radius 1 is 1.00 bits per heavy atom. The predicted octanol–water partition coefficient (Wildman–Crippen LogP) is 4.30. The van der Waals surface area contributed by atoms with Crippen LogP contribution in [0.15, 0.2) is 54.6 Å². The van der Waals surface area contributed by atoms with E-state index in [9.17, 15) is 0 Å². The van der Waals surface area contributed by atoms with Crippen LogP contribution in [0.1, 0.15) is 25.0 Å². The Morgan fingerprint density at radius 3 is 2.50 bits per heavy atom. The Balaban J connectivity index is 1.48. The SMILES string of the molecule is Cc1ccc(C(C)(C)CNc2ccc(-c3ccc4[nH]nc(N)c4c3)nn2)cc1. The maximum absolute atomic E-state index is 5.90. The minimum Gasteiger partial charge on any atom is -0.382 e. The quantitative estimate of drug-likeness (QED) is 0.486. The summed E-state index contributed by atoms with van der Waals surface area (Å²) in [6.07, 6.45) is 0. The van der Waals surface area contributed by atoms with Gasteiger partial charge in [0.05, 0.1) is 11.2 Å². The molecule has 0 aliphatic carbocycles. The van der Waals surface area contributed by atoms with Crippen molar-refractivity contribution < 1.29 is 0 Å². The minimum absolute atomic E-state index is 0.0160. The van der Waals surface area contributed by atoms with Crippen molar-refractivity contribution >= 4 is 22.5 Å². The van der Waals surface area contributed by atoms with E-state index in [2.05, 4.69) is 70.7 Å². The number of hydrogen-bond acceptors (Lipinski definition) is 5. The number of fused-ring (bicyclic) bond motifs is 1. The lowest BCUT2D eigenvalue weighted by Crippen LogP contribution is -2.28. The van der Waals surface area contributed by atoms with Gasteiger partial charge >= 0.3 is 0 Å². The first-order valence-corrected chi connectivity index (χ1v) is 9.31. The average molecular weight is 372 g/mol. The summed E-state index contributed by atoms with van der Waals surface area (Å²) >= 11 is 0. The molecule has 2 heterocycles. The normalized spacial score (nSPS) is 11.7. The predicted molar refractivity (Wildman–Crippen MR) is 114 cm³/mol. The summed E-state index contributed by atoms with van der Waals surface area (Å²) in [7, 11) is 0. The van der Waals surface area contributed by atoms with Crippen molar-refractivity contribution in [1.82, 2.24) is 20.4 Å². The van der Waals surface area contributed by atoms with Crippen LogP contribution in [0.3, 0.4) is 0 Å². The summed E-state index contributed by atoms with van der Waals surface area (Å²) < 4.78 is 0. The maximum atomic E-state index is 5.90. The van der Waals surface area contributed by atoms with Crippen molar-refractivity contribution in [2.75, 3.05) is 17.6 Å².